The van der Waals surface area contributed by atoms with Gasteiger partial charge in [-0.15, -0.1) is 28.1 Å². The number of hydrogen-bond donors (Lipinski definition) is 0. The molecule has 0 N–H and O–H groups in total. The third kappa shape index (κ3) is 4.25. The lowest BCUT2D eigenvalue weighted by atomic mass is 10.2. The Labute approximate surface area is 168 Å². The summed E-state index contributed by atoms with van der Waals surface area (Å²) in [6.07, 6.45) is 1.79. The predicted molar refractivity (Wildman–Crippen MR) is 109 cm³/mol. The monoisotopic (exact) mass is 449 g/mol. The number of benzene rings is 1. The topological polar surface area (TPSA) is 57.0 Å². The summed E-state index contributed by atoms with van der Waals surface area (Å²) in [5, 5.41) is 9.26. The number of carbonyl (C=O) groups is 1. The van der Waals surface area contributed by atoms with E-state index in [9.17, 15) is 4.79 Å². The van der Waals surface area contributed by atoms with Crippen LogP contribution in [0.15, 0.2) is 58.0 Å². The second-order valence-electron chi connectivity index (χ2n) is 5.25. The van der Waals surface area contributed by atoms with E-state index in [1.165, 1.54) is 23.1 Å². The molecular weight excluding hydrogens is 434 g/mol. The van der Waals surface area contributed by atoms with Crippen molar-refractivity contribution in [1.82, 2.24) is 14.8 Å². The molecule has 0 aliphatic heterocycles. The van der Waals surface area contributed by atoms with Gasteiger partial charge in [-0.1, -0.05) is 17.8 Å². The highest BCUT2D eigenvalue weighted by atomic mass is 79.9. The summed E-state index contributed by atoms with van der Waals surface area (Å²) in [5.41, 5.74) is 0.931. The maximum Gasteiger partial charge on any atom is 0.192 e. The number of methoxy groups -OCH3 is 1. The molecule has 8 heteroatoms. The first-order chi connectivity index (χ1) is 12.6. The van der Waals surface area contributed by atoms with Crippen molar-refractivity contribution in [3.05, 3.63) is 57.7 Å². The third-order valence-corrected chi connectivity index (χ3v) is 6.19. The second-order valence-corrected chi connectivity index (χ2v) is 8.66. The lowest BCUT2D eigenvalue weighted by Gasteiger charge is -2.08. The highest BCUT2D eigenvalue weighted by Crippen LogP contribution is 2.28. The Morgan fingerprint density at radius 1 is 1.31 bits per heavy atom. The minimum absolute atomic E-state index is 0.0739. The number of hydrogen-bond acceptors (Lipinski definition) is 6. The van der Waals surface area contributed by atoms with Gasteiger partial charge in [-0.25, -0.2) is 0 Å². The fourth-order valence-corrected chi connectivity index (χ4v) is 4.55. The van der Waals surface area contributed by atoms with Crippen molar-refractivity contribution in [3.63, 3.8) is 0 Å². The Balaban J connectivity index is 1.80. The number of Topliss-reactive ketones (excluding diaryl/α,β-unsaturated/α-hetero) is 1. The van der Waals surface area contributed by atoms with Gasteiger partial charge < -0.3 is 4.74 Å². The van der Waals surface area contributed by atoms with E-state index in [2.05, 4.69) is 32.7 Å². The summed E-state index contributed by atoms with van der Waals surface area (Å²) in [7, 11) is 1.63. The fraction of sp³-hybridized carbons (Fsp3) is 0.167. The first-order valence-electron chi connectivity index (χ1n) is 7.72. The van der Waals surface area contributed by atoms with E-state index >= 15 is 0 Å². The van der Waals surface area contributed by atoms with Crippen molar-refractivity contribution in [2.45, 2.75) is 11.7 Å². The van der Waals surface area contributed by atoms with E-state index < -0.39 is 0 Å². The summed E-state index contributed by atoms with van der Waals surface area (Å²) < 4.78 is 8.10. The van der Waals surface area contributed by atoms with Crippen molar-refractivity contribution in [1.29, 1.82) is 0 Å². The minimum Gasteiger partial charge on any atom is -0.497 e. The first-order valence-corrected chi connectivity index (χ1v) is 10.3. The van der Waals surface area contributed by atoms with Crippen LogP contribution >= 0.6 is 39.0 Å². The fourth-order valence-electron chi connectivity index (χ4n) is 2.31. The standard InChI is InChI=1S/C18H16BrN3O2S2/c1-3-10-22-17(12-4-6-13(24-2)7-5-12)20-21-18(22)25-11-14(23)15-8-9-16(19)26-15/h3-9H,1,10-11H2,2H3. The van der Waals surface area contributed by atoms with Gasteiger partial charge >= 0.3 is 0 Å². The molecule has 3 rings (SSSR count). The van der Waals surface area contributed by atoms with Gasteiger partial charge in [-0.05, 0) is 52.3 Å². The number of ketones is 1. The van der Waals surface area contributed by atoms with Crippen LogP contribution in [0.2, 0.25) is 0 Å². The van der Waals surface area contributed by atoms with E-state index in [1.54, 1.807) is 13.2 Å². The second kappa shape index (κ2) is 8.66. The number of ether oxygens (including phenoxy) is 1. The molecule has 0 unspecified atom stereocenters. The van der Waals surface area contributed by atoms with E-state index in [1.807, 2.05) is 41.0 Å². The van der Waals surface area contributed by atoms with Crippen molar-refractivity contribution < 1.29 is 9.53 Å². The summed E-state index contributed by atoms with van der Waals surface area (Å²) in [6.45, 7) is 4.37. The maximum atomic E-state index is 12.3. The average Bonchev–Trinajstić information content (AvgIpc) is 3.27. The summed E-state index contributed by atoms with van der Waals surface area (Å²) in [5.74, 6) is 1.90. The lowest BCUT2D eigenvalue weighted by molar-refractivity contribution is 0.102. The zero-order valence-corrected chi connectivity index (χ0v) is 17.2. The molecule has 5 nitrogen and oxygen atoms in total. The Morgan fingerprint density at radius 3 is 2.69 bits per heavy atom. The summed E-state index contributed by atoms with van der Waals surface area (Å²) in [4.78, 5) is 13.1. The number of thiophene rings is 1. The van der Waals surface area contributed by atoms with Gasteiger partial charge in [-0.2, -0.15) is 0 Å². The molecule has 3 aromatic rings. The van der Waals surface area contributed by atoms with Gasteiger partial charge in [-0.3, -0.25) is 9.36 Å². The molecule has 0 saturated heterocycles. The lowest BCUT2D eigenvalue weighted by Crippen LogP contribution is -2.04. The van der Waals surface area contributed by atoms with Crippen LogP contribution in [-0.2, 0) is 6.54 Å². The highest BCUT2D eigenvalue weighted by Gasteiger charge is 2.16. The maximum absolute atomic E-state index is 12.3. The van der Waals surface area contributed by atoms with Crippen LogP contribution in [-0.4, -0.2) is 33.4 Å². The number of thioether (sulfide) groups is 1. The third-order valence-electron chi connectivity index (χ3n) is 3.56. The molecule has 2 heterocycles. The van der Waals surface area contributed by atoms with Gasteiger partial charge in [0, 0.05) is 12.1 Å². The van der Waals surface area contributed by atoms with Crippen LogP contribution in [0, 0.1) is 0 Å². The van der Waals surface area contributed by atoms with E-state index in [0.717, 1.165) is 25.8 Å². The number of carbonyl (C=O) groups excluding carboxylic acids is 1. The highest BCUT2D eigenvalue weighted by molar-refractivity contribution is 9.11. The molecule has 0 aliphatic rings. The quantitative estimate of drug-likeness (QED) is 0.277. The molecular formula is C18H16BrN3O2S2. The van der Waals surface area contributed by atoms with Gasteiger partial charge in [0.2, 0.25) is 0 Å². The van der Waals surface area contributed by atoms with E-state index in [-0.39, 0.29) is 5.78 Å². The Kier molecular flexibility index (Phi) is 6.29. The molecule has 0 fully saturated rings. The van der Waals surface area contributed by atoms with E-state index in [0.29, 0.717) is 17.5 Å². The van der Waals surface area contributed by atoms with Crippen LogP contribution < -0.4 is 4.74 Å². The summed E-state index contributed by atoms with van der Waals surface area (Å²) >= 11 is 6.20. The molecule has 0 bridgehead atoms. The molecule has 0 saturated carbocycles. The SMILES string of the molecule is C=CCn1c(SCC(=O)c2ccc(Br)s2)nnc1-c1ccc(OC)cc1. The van der Waals surface area contributed by atoms with Crippen molar-refractivity contribution >= 4 is 44.8 Å². The van der Waals surface area contributed by atoms with Crippen LogP contribution in [0.3, 0.4) is 0 Å². The molecule has 0 amide bonds. The normalized spacial score (nSPS) is 10.7. The zero-order valence-electron chi connectivity index (χ0n) is 14.0. The van der Waals surface area contributed by atoms with Gasteiger partial charge in [0.05, 0.1) is 21.5 Å². The average molecular weight is 450 g/mol. The van der Waals surface area contributed by atoms with Crippen LogP contribution in [0.25, 0.3) is 11.4 Å². The van der Waals surface area contributed by atoms with E-state index in [4.69, 9.17) is 4.74 Å². The van der Waals surface area contributed by atoms with Crippen molar-refractivity contribution in [3.8, 4) is 17.1 Å². The molecule has 0 aliphatic carbocycles. The molecule has 0 spiro atoms. The number of nitrogens with zero attached hydrogens (tertiary/aromatic N) is 3. The first kappa shape index (κ1) is 18.9. The van der Waals surface area contributed by atoms with Gasteiger partial charge in [0.15, 0.2) is 16.8 Å². The van der Waals surface area contributed by atoms with Crippen LogP contribution in [0.1, 0.15) is 9.67 Å². The number of rotatable bonds is 8. The zero-order chi connectivity index (χ0) is 18.5. The van der Waals surface area contributed by atoms with Crippen molar-refractivity contribution in [2.24, 2.45) is 0 Å². The molecule has 0 atom stereocenters. The summed E-state index contributed by atoms with van der Waals surface area (Å²) in [6, 6.07) is 11.3. The van der Waals surface area contributed by atoms with Crippen LogP contribution in [0.4, 0.5) is 0 Å². The Bertz CT molecular complexity index is 919. The Hall–Kier alpha value is -1.90. The number of halogens is 1. The smallest absolute Gasteiger partial charge is 0.192 e. The minimum atomic E-state index is 0.0739. The van der Waals surface area contributed by atoms with Gasteiger partial charge in [0.1, 0.15) is 5.75 Å². The Morgan fingerprint density at radius 2 is 2.08 bits per heavy atom. The molecule has 134 valence electrons. The molecule has 2 aromatic heterocycles. The van der Waals surface area contributed by atoms with Crippen molar-refractivity contribution in [2.75, 3.05) is 12.9 Å². The number of aromatic nitrogens is 3. The predicted octanol–water partition coefficient (Wildman–Crippen LogP) is 4.94. The largest absolute Gasteiger partial charge is 0.497 e. The molecule has 26 heavy (non-hydrogen) atoms. The van der Waals surface area contributed by atoms with Crippen LogP contribution in [0.5, 0.6) is 5.75 Å². The van der Waals surface area contributed by atoms with Gasteiger partial charge in [0.25, 0.3) is 0 Å². The molecule has 0 radical (unpaired) electrons. The molecule has 1 aromatic carbocycles. The number of allylic oxidation sites excluding steroid dienone is 1.